The number of hydrogen-bond acceptors (Lipinski definition) is 3. The first-order valence-electron chi connectivity index (χ1n) is 11.2. The highest BCUT2D eigenvalue weighted by Crippen LogP contribution is 2.13. The molecule has 2 N–H and O–H groups in total. The molecule has 0 bridgehead atoms. The normalized spacial score (nSPS) is 13.2. The van der Waals surface area contributed by atoms with E-state index in [-0.39, 0.29) is 11.8 Å². The fraction of sp³-hybridized carbons (Fsp3) is 1.00. The van der Waals surface area contributed by atoms with Crippen molar-refractivity contribution in [1.29, 1.82) is 0 Å². The van der Waals surface area contributed by atoms with Crippen molar-refractivity contribution in [3.63, 3.8) is 0 Å². The molecule has 0 rings (SSSR count). The Hall–Kier alpha value is -0.130. The van der Waals surface area contributed by atoms with Crippen LogP contribution < -0.4 is 5.32 Å². The van der Waals surface area contributed by atoms with Gasteiger partial charge in [-0.25, -0.2) is 0 Å². The van der Waals surface area contributed by atoms with Crippen LogP contribution in [0.2, 0.25) is 0 Å². The SMILES string of the molecule is CCCCCCCCCCCCCC(CS(=O)(=O)O)NCCCCCC. The molecule has 0 aromatic rings. The molecule has 0 saturated heterocycles. The standard InChI is InChI=1S/C21H45NO3S/c1-3-5-7-9-10-11-12-13-14-15-16-18-21(20-26(23,24)25)22-19-17-8-6-4-2/h21-22H,3-20H2,1-2H3,(H,23,24,25). The van der Waals surface area contributed by atoms with Crippen molar-refractivity contribution in [2.75, 3.05) is 12.3 Å². The minimum Gasteiger partial charge on any atom is -0.313 e. The van der Waals surface area contributed by atoms with Crippen molar-refractivity contribution >= 4 is 10.1 Å². The van der Waals surface area contributed by atoms with Crippen LogP contribution in [0.15, 0.2) is 0 Å². The number of unbranched alkanes of at least 4 members (excludes halogenated alkanes) is 13. The van der Waals surface area contributed by atoms with Gasteiger partial charge in [0.05, 0.1) is 5.75 Å². The lowest BCUT2D eigenvalue weighted by molar-refractivity contribution is 0.437. The minimum atomic E-state index is -3.90. The molecule has 0 fully saturated rings. The van der Waals surface area contributed by atoms with Gasteiger partial charge in [0.2, 0.25) is 0 Å². The third-order valence-electron chi connectivity index (χ3n) is 5.03. The summed E-state index contributed by atoms with van der Waals surface area (Å²) in [6.07, 6.45) is 19.8. The highest BCUT2D eigenvalue weighted by atomic mass is 32.2. The zero-order valence-electron chi connectivity index (χ0n) is 17.5. The second-order valence-corrected chi connectivity index (χ2v) is 9.28. The molecule has 0 heterocycles. The first-order valence-corrected chi connectivity index (χ1v) is 12.8. The lowest BCUT2D eigenvalue weighted by Crippen LogP contribution is -2.36. The predicted molar refractivity (Wildman–Crippen MR) is 113 cm³/mol. The Morgan fingerprint density at radius 1 is 0.692 bits per heavy atom. The number of nitrogens with one attached hydrogen (secondary N) is 1. The lowest BCUT2D eigenvalue weighted by Gasteiger charge is -2.17. The minimum absolute atomic E-state index is 0.106. The molecule has 158 valence electrons. The van der Waals surface area contributed by atoms with Crippen molar-refractivity contribution in [3.05, 3.63) is 0 Å². The quantitative estimate of drug-likeness (QED) is 0.194. The van der Waals surface area contributed by atoms with Gasteiger partial charge in [0.25, 0.3) is 10.1 Å². The van der Waals surface area contributed by atoms with Gasteiger partial charge in [-0.15, -0.1) is 0 Å². The highest BCUT2D eigenvalue weighted by Gasteiger charge is 2.15. The summed E-state index contributed by atoms with van der Waals surface area (Å²) in [4.78, 5) is 0. The smallest absolute Gasteiger partial charge is 0.266 e. The maximum Gasteiger partial charge on any atom is 0.266 e. The highest BCUT2D eigenvalue weighted by molar-refractivity contribution is 7.85. The lowest BCUT2D eigenvalue weighted by atomic mass is 10.0. The summed E-state index contributed by atoms with van der Waals surface area (Å²) in [5.41, 5.74) is 0. The molecule has 0 aliphatic carbocycles. The van der Waals surface area contributed by atoms with Gasteiger partial charge in [-0.3, -0.25) is 4.55 Å². The van der Waals surface area contributed by atoms with Gasteiger partial charge in [0, 0.05) is 6.04 Å². The largest absolute Gasteiger partial charge is 0.313 e. The molecular weight excluding hydrogens is 346 g/mol. The maximum atomic E-state index is 11.2. The molecule has 0 amide bonds. The summed E-state index contributed by atoms with van der Waals surface area (Å²) in [6.45, 7) is 5.28. The third-order valence-corrected chi connectivity index (χ3v) is 5.85. The van der Waals surface area contributed by atoms with Gasteiger partial charge >= 0.3 is 0 Å². The van der Waals surface area contributed by atoms with Gasteiger partial charge in [-0.2, -0.15) is 8.42 Å². The van der Waals surface area contributed by atoms with E-state index in [1.807, 2.05) is 0 Å². The fourth-order valence-corrected chi connectivity index (χ4v) is 4.20. The Morgan fingerprint density at radius 3 is 1.58 bits per heavy atom. The average Bonchev–Trinajstić information content (AvgIpc) is 2.58. The van der Waals surface area contributed by atoms with Crippen LogP contribution in [0, 0.1) is 0 Å². The first kappa shape index (κ1) is 25.9. The van der Waals surface area contributed by atoms with E-state index < -0.39 is 10.1 Å². The van der Waals surface area contributed by atoms with E-state index in [1.54, 1.807) is 0 Å². The van der Waals surface area contributed by atoms with Gasteiger partial charge in [0.1, 0.15) is 0 Å². The summed E-state index contributed by atoms with van der Waals surface area (Å²) in [6, 6.07) is -0.106. The molecule has 26 heavy (non-hydrogen) atoms. The van der Waals surface area contributed by atoms with Crippen LogP contribution in [-0.4, -0.2) is 31.3 Å². The Bertz CT molecular complexity index is 385. The van der Waals surface area contributed by atoms with Crippen LogP contribution in [0.5, 0.6) is 0 Å². The molecule has 0 saturated carbocycles. The molecule has 0 aromatic heterocycles. The second-order valence-electron chi connectivity index (χ2n) is 7.78. The van der Waals surface area contributed by atoms with Crippen LogP contribution in [0.4, 0.5) is 0 Å². The second kappa shape index (κ2) is 18.2. The summed E-state index contributed by atoms with van der Waals surface area (Å²) in [5, 5.41) is 3.33. The summed E-state index contributed by atoms with van der Waals surface area (Å²) >= 11 is 0. The zero-order valence-corrected chi connectivity index (χ0v) is 18.3. The maximum absolute atomic E-state index is 11.2. The number of rotatable bonds is 20. The molecule has 1 unspecified atom stereocenters. The average molecular weight is 392 g/mol. The van der Waals surface area contributed by atoms with Crippen LogP contribution in [-0.2, 0) is 10.1 Å². The topological polar surface area (TPSA) is 66.4 Å². The third kappa shape index (κ3) is 20.2. The van der Waals surface area contributed by atoms with Crippen molar-refractivity contribution in [2.24, 2.45) is 0 Å². The Morgan fingerprint density at radius 2 is 1.12 bits per heavy atom. The van der Waals surface area contributed by atoms with Crippen LogP contribution in [0.1, 0.15) is 117 Å². The Labute approximate surface area is 163 Å². The van der Waals surface area contributed by atoms with E-state index >= 15 is 0 Å². The van der Waals surface area contributed by atoms with E-state index in [9.17, 15) is 8.42 Å². The van der Waals surface area contributed by atoms with Crippen molar-refractivity contribution in [1.82, 2.24) is 5.32 Å². The molecule has 0 radical (unpaired) electrons. The molecule has 1 atom stereocenters. The molecule has 0 aliphatic rings. The number of hydrogen-bond donors (Lipinski definition) is 2. The van der Waals surface area contributed by atoms with Gasteiger partial charge in [-0.05, 0) is 19.4 Å². The molecule has 0 aliphatic heterocycles. The van der Waals surface area contributed by atoms with E-state index in [1.165, 1.54) is 77.0 Å². The fourth-order valence-electron chi connectivity index (χ4n) is 3.41. The van der Waals surface area contributed by atoms with Crippen molar-refractivity contribution in [2.45, 2.75) is 123 Å². The Balaban J connectivity index is 3.68. The molecule has 0 aromatic carbocycles. The van der Waals surface area contributed by atoms with Gasteiger partial charge in [0.15, 0.2) is 0 Å². The van der Waals surface area contributed by atoms with Crippen LogP contribution in [0.25, 0.3) is 0 Å². The van der Waals surface area contributed by atoms with E-state index in [0.717, 1.165) is 32.2 Å². The van der Waals surface area contributed by atoms with Gasteiger partial charge in [-0.1, -0.05) is 104 Å². The molecule has 4 nitrogen and oxygen atoms in total. The Kier molecular flexibility index (Phi) is 18.2. The summed E-state index contributed by atoms with van der Waals surface area (Å²) < 4.78 is 31.5. The van der Waals surface area contributed by atoms with E-state index in [0.29, 0.717) is 0 Å². The molecule has 0 spiro atoms. The van der Waals surface area contributed by atoms with Crippen molar-refractivity contribution < 1.29 is 13.0 Å². The molecular formula is C21H45NO3S. The van der Waals surface area contributed by atoms with E-state index in [2.05, 4.69) is 19.2 Å². The summed E-state index contributed by atoms with van der Waals surface area (Å²) in [5.74, 6) is -0.154. The zero-order chi connectivity index (χ0) is 19.5. The van der Waals surface area contributed by atoms with Crippen LogP contribution in [0.3, 0.4) is 0 Å². The first-order chi connectivity index (χ1) is 12.5. The van der Waals surface area contributed by atoms with Crippen molar-refractivity contribution in [3.8, 4) is 0 Å². The summed E-state index contributed by atoms with van der Waals surface area (Å²) in [7, 11) is -3.90. The predicted octanol–water partition coefficient (Wildman–Crippen LogP) is 6.11. The van der Waals surface area contributed by atoms with Crippen LogP contribution >= 0.6 is 0 Å². The molecule has 5 heteroatoms. The monoisotopic (exact) mass is 391 g/mol. The van der Waals surface area contributed by atoms with E-state index in [4.69, 9.17) is 4.55 Å². The van der Waals surface area contributed by atoms with Gasteiger partial charge < -0.3 is 5.32 Å².